The van der Waals surface area contributed by atoms with Crippen LogP contribution in [0.4, 0.5) is 0 Å². The third-order valence-electron chi connectivity index (χ3n) is 8.04. The number of aliphatic hydroxyl groups is 3. The van der Waals surface area contributed by atoms with Gasteiger partial charge in [-0.2, -0.15) is 0 Å². The van der Waals surface area contributed by atoms with Gasteiger partial charge in [0.1, 0.15) is 0 Å². The van der Waals surface area contributed by atoms with Gasteiger partial charge in [-0.1, -0.05) is 75.5 Å². The summed E-state index contributed by atoms with van der Waals surface area (Å²) in [6.07, 6.45) is 6.20. The highest BCUT2D eigenvalue weighted by atomic mass is 28.3. The Balaban J connectivity index is 0.000000225. The lowest BCUT2D eigenvalue weighted by Gasteiger charge is -2.36. The summed E-state index contributed by atoms with van der Waals surface area (Å²) in [6, 6.07) is 7.83. The molecule has 3 fully saturated rings. The van der Waals surface area contributed by atoms with Crippen LogP contribution in [0.15, 0.2) is 0 Å². The van der Waals surface area contributed by atoms with Crippen molar-refractivity contribution in [3.63, 3.8) is 0 Å². The maximum Gasteiger partial charge on any atom is 0.0614 e. The first kappa shape index (κ1) is 28.6. The summed E-state index contributed by atoms with van der Waals surface area (Å²) in [5.41, 5.74) is -0.992. The van der Waals surface area contributed by atoms with Crippen LogP contribution in [0, 0.1) is 0 Å². The molecular formula is C24H54O3Si3. The zero-order chi connectivity index (χ0) is 23.5. The van der Waals surface area contributed by atoms with Gasteiger partial charge < -0.3 is 15.3 Å². The molecule has 3 rings (SSSR count). The lowest BCUT2D eigenvalue weighted by molar-refractivity contribution is 0.0461. The van der Waals surface area contributed by atoms with E-state index >= 15 is 0 Å². The van der Waals surface area contributed by atoms with Crippen molar-refractivity contribution in [3.8, 4) is 0 Å². The van der Waals surface area contributed by atoms with E-state index < -0.39 is 24.2 Å². The lowest BCUT2D eigenvalue weighted by Crippen LogP contribution is -2.39. The number of hydrogen-bond acceptors (Lipinski definition) is 3. The van der Waals surface area contributed by atoms with Crippen LogP contribution in [0.5, 0.6) is 0 Å². The molecule has 0 saturated carbocycles. The van der Waals surface area contributed by atoms with E-state index in [0.717, 1.165) is 38.5 Å². The molecule has 0 bridgehead atoms. The monoisotopic (exact) mass is 474 g/mol. The molecule has 0 spiro atoms. The van der Waals surface area contributed by atoms with Crippen molar-refractivity contribution in [1.29, 1.82) is 0 Å². The second kappa shape index (κ2) is 10.2. The summed E-state index contributed by atoms with van der Waals surface area (Å²) in [5.74, 6) is 0. The topological polar surface area (TPSA) is 60.7 Å². The van der Waals surface area contributed by atoms with Gasteiger partial charge in [0, 0.05) is 24.2 Å². The summed E-state index contributed by atoms with van der Waals surface area (Å²) < 4.78 is 0. The zero-order valence-corrected chi connectivity index (χ0v) is 24.8. The van der Waals surface area contributed by atoms with E-state index in [4.69, 9.17) is 0 Å². The Labute approximate surface area is 191 Å². The minimum absolute atomic E-state index is 0.331. The molecule has 3 aliphatic heterocycles. The van der Waals surface area contributed by atoms with Crippen molar-refractivity contribution in [2.75, 3.05) is 0 Å². The fourth-order valence-corrected chi connectivity index (χ4v) is 12.4. The Kier molecular flexibility index (Phi) is 9.72. The lowest BCUT2D eigenvalue weighted by atomic mass is 10.0. The first-order valence-corrected chi connectivity index (χ1v) is 22.7. The van der Waals surface area contributed by atoms with Gasteiger partial charge in [-0.3, -0.25) is 0 Å². The molecule has 0 atom stereocenters. The molecule has 30 heavy (non-hydrogen) atoms. The van der Waals surface area contributed by atoms with E-state index in [9.17, 15) is 15.3 Å². The smallest absolute Gasteiger partial charge is 0.0614 e. The third kappa shape index (κ3) is 12.0. The highest BCUT2D eigenvalue weighted by molar-refractivity contribution is 6.78. The largest absolute Gasteiger partial charge is 0.390 e. The molecule has 0 radical (unpaired) electrons. The van der Waals surface area contributed by atoms with Gasteiger partial charge >= 0.3 is 0 Å². The van der Waals surface area contributed by atoms with E-state index in [2.05, 4.69) is 39.3 Å². The summed E-state index contributed by atoms with van der Waals surface area (Å²) >= 11 is 0. The molecule has 0 aromatic rings. The van der Waals surface area contributed by atoms with Crippen LogP contribution < -0.4 is 0 Å². The molecule has 0 aromatic carbocycles. The van der Waals surface area contributed by atoms with Crippen LogP contribution in [0.3, 0.4) is 0 Å². The average Bonchev–Trinajstić information content (AvgIpc) is 2.59. The summed E-state index contributed by atoms with van der Waals surface area (Å²) in [6.45, 7) is 20.4. The fraction of sp³-hybridized carbons (Fsp3) is 1.00. The molecule has 0 aromatic heterocycles. The molecule has 0 unspecified atom stereocenters. The first-order valence-electron chi connectivity index (χ1n) is 12.4. The van der Waals surface area contributed by atoms with Gasteiger partial charge in [0.2, 0.25) is 0 Å². The number of rotatable bonds is 0. The van der Waals surface area contributed by atoms with Crippen LogP contribution in [0.1, 0.15) is 59.3 Å². The quantitative estimate of drug-likeness (QED) is 0.341. The standard InChI is InChI=1S/3C8H18OSi/c3*1-8(9)4-6-10(2,3)7-5-8/h3*9H,4-7H2,1-3H3. The average molecular weight is 475 g/mol. The van der Waals surface area contributed by atoms with Gasteiger partial charge in [-0.25, -0.2) is 0 Å². The van der Waals surface area contributed by atoms with Crippen molar-refractivity contribution >= 4 is 24.2 Å². The predicted octanol–water partition coefficient (Wildman–Crippen LogP) is 6.72. The van der Waals surface area contributed by atoms with Gasteiger partial charge in [0.25, 0.3) is 0 Å². The normalized spacial score (nSPS) is 30.0. The highest BCUT2D eigenvalue weighted by Gasteiger charge is 2.35. The van der Waals surface area contributed by atoms with Crippen molar-refractivity contribution in [2.45, 2.75) is 152 Å². The Bertz CT molecular complexity index is 380. The highest BCUT2D eigenvalue weighted by Crippen LogP contribution is 2.36. The number of hydrogen-bond donors (Lipinski definition) is 3. The molecule has 3 aliphatic rings. The molecule has 6 heteroatoms. The minimum atomic E-state index is -0.839. The van der Waals surface area contributed by atoms with E-state index in [1.165, 1.54) is 36.3 Å². The van der Waals surface area contributed by atoms with Crippen molar-refractivity contribution in [2.24, 2.45) is 0 Å². The summed E-state index contributed by atoms with van der Waals surface area (Å²) in [5, 5.41) is 28.9. The molecule has 3 heterocycles. The van der Waals surface area contributed by atoms with Crippen LogP contribution in [-0.4, -0.2) is 56.3 Å². The molecular weight excluding hydrogens is 421 g/mol. The Morgan fingerprint density at radius 3 is 0.633 bits per heavy atom. The van der Waals surface area contributed by atoms with E-state index in [0.29, 0.717) is 0 Å². The van der Waals surface area contributed by atoms with E-state index in [-0.39, 0.29) is 16.8 Å². The van der Waals surface area contributed by atoms with Crippen molar-refractivity contribution in [1.82, 2.24) is 0 Å². The molecule has 3 saturated heterocycles. The van der Waals surface area contributed by atoms with Crippen molar-refractivity contribution < 1.29 is 15.3 Å². The fourth-order valence-electron chi connectivity index (χ4n) is 4.40. The Hall–Kier alpha value is 0.531. The third-order valence-corrected chi connectivity index (χ3v) is 17.7. The van der Waals surface area contributed by atoms with Gasteiger partial charge in [0.05, 0.1) is 16.8 Å². The maximum absolute atomic E-state index is 9.63. The second-order valence-corrected chi connectivity index (χ2v) is 30.0. The maximum atomic E-state index is 9.63. The van der Waals surface area contributed by atoms with Gasteiger partial charge in [0.15, 0.2) is 0 Å². The van der Waals surface area contributed by atoms with Crippen LogP contribution in [-0.2, 0) is 0 Å². The second-order valence-electron chi connectivity index (χ2n) is 14.0. The summed E-state index contributed by atoms with van der Waals surface area (Å²) in [4.78, 5) is 0. The van der Waals surface area contributed by atoms with Crippen LogP contribution in [0.25, 0.3) is 0 Å². The van der Waals surface area contributed by atoms with E-state index in [1.54, 1.807) is 0 Å². The molecule has 180 valence electrons. The Morgan fingerprint density at radius 2 is 0.533 bits per heavy atom. The molecule has 0 amide bonds. The molecule has 0 aliphatic carbocycles. The van der Waals surface area contributed by atoms with Crippen LogP contribution >= 0.6 is 0 Å². The van der Waals surface area contributed by atoms with E-state index in [1.807, 2.05) is 20.8 Å². The minimum Gasteiger partial charge on any atom is -0.390 e. The predicted molar refractivity (Wildman–Crippen MR) is 141 cm³/mol. The zero-order valence-electron chi connectivity index (χ0n) is 21.8. The summed E-state index contributed by atoms with van der Waals surface area (Å²) in [7, 11) is -2.52. The Morgan fingerprint density at radius 1 is 0.400 bits per heavy atom. The van der Waals surface area contributed by atoms with Gasteiger partial charge in [-0.15, -0.1) is 0 Å². The molecule has 3 nitrogen and oxygen atoms in total. The van der Waals surface area contributed by atoms with Crippen LogP contribution in [0.2, 0.25) is 75.5 Å². The van der Waals surface area contributed by atoms with Gasteiger partial charge in [-0.05, 0) is 59.3 Å². The SMILES string of the molecule is CC1(O)CC[Si](C)(C)CC1.CC1(O)CC[Si](C)(C)CC1.CC1(O)CC[Si](C)(C)CC1. The first-order chi connectivity index (χ1) is 13.2. The van der Waals surface area contributed by atoms with Crippen molar-refractivity contribution in [3.05, 3.63) is 0 Å². The molecule has 3 N–H and O–H groups in total.